The summed E-state index contributed by atoms with van der Waals surface area (Å²) in [4.78, 5) is 11.6. The normalized spacial score (nSPS) is 14.5. The average Bonchev–Trinajstić information content (AvgIpc) is 2.79. The number of hydrogen-bond acceptors (Lipinski definition) is 2. The van der Waals surface area contributed by atoms with E-state index in [4.69, 9.17) is 5.73 Å². The van der Waals surface area contributed by atoms with E-state index in [1.807, 2.05) is 0 Å². The van der Waals surface area contributed by atoms with E-state index < -0.39 is 0 Å². The minimum Gasteiger partial charge on any atom is -0.326 e. The maximum atomic E-state index is 11.6. The van der Waals surface area contributed by atoms with Crippen molar-refractivity contribution >= 4 is 0 Å². The molecule has 0 saturated heterocycles. The molecule has 0 amide bonds. The van der Waals surface area contributed by atoms with Crippen LogP contribution in [-0.4, -0.2) is 10.2 Å². The van der Waals surface area contributed by atoms with Crippen molar-refractivity contribution in [3.05, 3.63) is 45.2 Å². The summed E-state index contributed by atoms with van der Waals surface area (Å²) in [7, 11) is 0. The van der Waals surface area contributed by atoms with Crippen molar-refractivity contribution < 1.29 is 0 Å². The highest BCUT2D eigenvalue weighted by atomic mass is 16.1. The van der Waals surface area contributed by atoms with Gasteiger partial charge < -0.3 is 5.73 Å². The number of nitrogens with one attached hydrogen (secondary N) is 2. The van der Waals surface area contributed by atoms with E-state index in [2.05, 4.69) is 28.4 Å². The van der Waals surface area contributed by atoms with Crippen molar-refractivity contribution in [1.29, 1.82) is 0 Å². The van der Waals surface area contributed by atoms with E-state index in [1.54, 1.807) is 0 Å². The van der Waals surface area contributed by atoms with Gasteiger partial charge >= 0.3 is 0 Å². The molecule has 1 aliphatic carbocycles. The van der Waals surface area contributed by atoms with Crippen molar-refractivity contribution in [3.63, 3.8) is 0 Å². The van der Waals surface area contributed by atoms with Gasteiger partial charge in [0.2, 0.25) is 0 Å². The molecule has 4 heteroatoms. The van der Waals surface area contributed by atoms with E-state index in [0.717, 1.165) is 17.7 Å². The topological polar surface area (TPSA) is 74.7 Å². The van der Waals surface area contributed by atoms with Gasteiger partial charge in [0.05, 0.1) is 11.3 Å². The molecule has 4 nitrogen and oxygen atoms in total. The molecule has 0 saturated carbocycles. The highest BCUT2D eigenvalue weighted by molar-refractivity contribution is 5.64. The summed E-state index contributed by atoms with van der Waals surface area (Å²) >= 11 is 0. The Balaban J connectivity index is 2.09. The Hall–Kier alpha value is -1.81. The predicted octanol–water partition coefficient (Wildman–Crippen LogP) is 1.71. The summed E-state index contributed by atoms with van der Waals surface area (Å²) in [6.45, 7) is 0.255. The highest BCUT2D eigenvalue weighted by Crippen LogP contribution is 2.27. The third-order valence-electron chi connectivity index (χ3n) is 3.72. The summed E-state index contributed by atoms with van der Waals surface area (Å²) in [6.07, 6.45) is 4.84. The van der Waals surface area contributed by atoms with Crippen LogP contribution < -0.4 is 11.3 Å². The molecule has 0 unspecified atom stereocenters. The van der Waals surface area contributed by atoms with Crippen LogP contribution >= 0.6 is 0 Å². The number of fused-ring (bicyclic) bond motifs is 1. The Labute approximate surface area is 105 Å². The third-order valence-corrected chi connectivity index (χ3v) is 3.72. The molecule has 0 radical (unpaired) electrons. The van der Waals surface area contributed by atoms with Gasteiger partial charge in [-0.3, -0.25) is 15.0 Å². The number of aromatic amines is 2. The average molecular weight is 243 g/mol. The number of hydrogen-bond donors (Lipinski definition) is 3. The molecule has 1 aromatic heterocycles. The number of H-pyrrole nitrogens is 2. The lowest BCUT2D eigenvalue weighted by atomic mass is 9.89. The Kier molecular flexibility index (Phi) is 2.80. The molecule has 4 N–H and O–H groups in total. The summed E-state index contributed by atoms with van der Waals surface area (Å²) in [5.41, 5.74) is 10.9. The molecule has 3 rings (SSSR count). The minimum absolute atomic E-state index is 0.120. The highest BCUT2D eigenvalue weighted by Gasteiger charge is 2.14. The maximum Gasteiger partial charge on any atom is 0.269 e. The SMILES string of the molecule is NCc1c(-c2ccc3c(c2)CCCC3)[nH][nH]c1=O. The van der Waals surface area contributed by atoms with Crippen LogP contribution in [0, 0.1) is 0 Å². The van der Waals surface area contributed by atoms with Gasteiger partial charge in [-0.1, -0.05) is 12.1 Å². The summed E-state index contributed by atoms with van der Waals surface area (Å²) in [5.74, 6) is 0. The zero-order valence-corrected chi connectivity index (χ0v) is 10.3. The second-order valence-electron chi connectivity index (χ2n) is 4.83. The maximum absolute atomic E-state index is 11.6. The van der Waals surface area contributed by atoms with Crippen molar-refractivity contribution in [2.24, 2.45) is 5.73 Å². The zero-order chi connectivity index (χ0) is 12.5. The molecule has 0 fully saturated rings. The van der Waals surface area contributed by atoms with E-state index in [0.29, 0.717) is 5.56 Å². The van der Waals surface area contributed by atoms with Crippen LogP contribution in [-0.2, 0) is 19.4 Å². The van der Waals surface area contributed by atoms with Gasteiger partial charge in [-0.05, 0) is 42.9 Å². The van der Waals surface area contributed by atoms with E-state index in [9.17, 15) is 4.79 Å². The molecule has 1 aliphatic rings. The Morgan fingerprint density at radius 2 is 1.89 bits per heavy atom. The van der Waals surface area contributed by atoms with Gasteiger partial charge in [0.15, 0.2) is 0 Å². The third kappa shape index (κ3) is 1.78. The van der Waals surface area contributed by atoms with Crippen molar-refractivity contribution in [1.82, 2.24) is 10.2 Å². The molecule has 1 aromatic carbocycles. The second kappa shape index (κ2) is 4.46. The summed E-state index contributed by atoms with van der Waals surface area (Å²) < 4.78 is 0. The number of aryl methyl sites for hydroxylation is 2. The van der Waals surface area contributed by atoms with Crippen LogP contribution in [0.4, 0.5) is 0 Å². The molecule has 2 aromatic rings. The van der Waals surface area contributed by atoms with Gasteiger partial charge in [-0.15, -0.1) is 0 Å². The smallest absolute Gasteiger partial charge is 0.269 e. The quantitative estimate of drug-likeness (QED) is 0.751. The number of benzene rings is 1. The number of aromatic nitrogens is 2. The first-order valence-corrected chi connectivity index (χ1v) is 6.41. The lowest BCUT2D eigenvalue weighted by Gasteiger charge is -2.16. The Morgan fingerprint density at radius 3 is 2.67 bits per heavy atom. The van der Waals surface area contributed by atoms with Gasteiger partial charge in [0, 0.05) is 12.1 Å². The summed E-state index contributed by atoms with van der Waals surface area (Å²) in [6, 6.07) is 6.44. The van der Waals surface area contributed by atoms with Crippen molar-refractivity contribution in [3.8, 4) is 11.3 Å². The van der Waals surface area contributed by atoms with E-state index in [-0.39, 0.29) is 12.1 Å². The molecule has 18 heavy (non-hydrogen) atoms. The lowest BCUT2D eigenvalue weighted by Crippen LogP contribution is -2.10. The van der Waals surface area contributed by atoms with E-state index in [1.165, 1.54) is 30.4 Å². The van der Waals surface area contributed by atoms with Gasteiger partial charge in [-0.2, -0.15) is 0 Å². The van der Waals surface area contributed by atoms with E-state index >= 15 is 0 Å². The van der Waals surface area contributed by atoms with Crippen molar-refractivity contribution in [2.45, 2.75) is 32.2 Å². The standard InChI is InChI=1S/C14H17N3O/c15-8-12-13(16-17-14(12)18)11-6-5-9-3-1-2-4-10(9)7-11/h5-7H,1-4,8,15H2,(H2,16,17,18). The minimum atomic E-state index is -0.120. The first-order valence-electron chi connectivity index (χ1n) is 6.41. The van der Waals surface area contributed by atoms with Gasteiger partial charge in [0.25, 0.3) is 5.56 Å². The van der Waals surface area contributed by atoms with Crippen LogP contribution in [0.15, 0.2) is 23.0 Å². The fourth-order valence-electron chi connectivity index (χ4n) is 2.71. The van der Waals surface area contributed by atoms with Crippen LogP contribution in [0.3, 0.4) is 0 Å². The summed E-state index contributed by atoms with van der Waals surface area (Å²) in [5, 5.41) is 5.54. The van der Waals surface area contributed by atoms with Crippen LogP contribution in [0.5, 0.6) is 0 Å². The molecule has 0 aliphatic heterocycles. The molecule has 0 spiro atoms. The number of rotatable bonds is 2. The van der Waals surface area contributed by atoms with Crippen LogP contribution in [0.2, 0.25) is 0 Å². The molecule has 94 valence electrons. The van der Waals surface area contributed by atoms with Crippen LogP contribution in [0.1, 0.15) is 29.5 Å². The predicted molar refractivity (Wildman–Crippen MR) is 71.4 cm³/mol. The fourth-order valence-corrected chi connectivity index (χ4v) is 2.71. The molecule has 0 bridgehead atoms. The van der Waals surface area contributed by atoms with Gasteiger partial charge in [-0.25, -0.2) is 0 Å². The van der Waals surface area contributed by atoms with Crippen molar-refractivity contribution in [2.75, 3.05) is 0 Å². The van der Waals surface area contributed by atoms with Gasteiger partial charge in [0.1, 0.15) is 0 Å². The Morgan fingerprint density at radius 1 is 1.11 bits per heavy atom. The Bertz CT molecular complexity index is 624. The largest absolute Gasteiger partial charge is 0.326 e. The number of nitrogens with two attached hydrogens (primary N) is 1. The first-order chi connectivity index (χ1) is 8.79. The lowest BCUT2D eigenvalue weighted by molar-refractivity contribution is 0.686. The second-order valence-corrected chi connectivity index (χ2v) is 4.83. The zero-order valence-electron chi connectivity index (χ0n) is 10.3. The molecular weight excluding hydrogens is 226 g/mol. The fraction of sp³-hybridized carbons (Fsp3) is 0.357. The molecule has 1 heterocycles. The van der Waals surface area contributed by atoms with Crippen LogP contribution in [0.25, 0.3) is 11.3 Å². The molecular formula is C14H17N3O. The first kappa shape index (κ1) is 11.3. The monoisotopic (exact) mass is 243 g/mol. The molecule has 0 atom stereocenters.